The van der Waals surface area contributed by atoms with Gasteiger partial charge in [0.05, 0.1) is 29.3 Å². The molecule has 2 aromatic heterocycles. The van der Waals surface area contributed by atoms with Crippen molar-refractivity contribution in [3.05, 3.63) is 28.8 Å². The average molecular weight is 359 g/mol. The number of nitrogen functional groups attached to an aromatic ring is 1. The van der Waals surface area contributed by atoms with E-state index in [0.717, 1.165) is 27.4 Å². The largest absolute Gasteiger partial charge is 0.423 e. The van der Waals surface area contributed by atoms with Gasteiger partial charge in [-0.2, -0.15) is 4.98 Å². The molecule has 0 radical (unpaired) electrons. The van der Waals surface area contributed by atoms with Crippen LogP contribution < -0.4 is 15.5 Å². The van der Waals surface area contributed by atoms with Crippen LogP contribution in [0.5, 0.6) is 0 Å². The standard InChI is InChI=1S/C17H21N5O2S/c1-9-15-13(19-16(18)25-15)7-11(8-23)22(9)17-20-12-6-10(21(2)3)4-5-14(12)24-17/h4-6,9,11,23H,7-8H2,1-3H3,(H2,18,19)/t9-,11-/m0/s1. The first-order valence-corrected chi connectivity index (χ1v) is 9.01. The summed E-state index contributed by atoms with van der Waals surface area (Å²) in [5.41, 5.74) is 9.45. The second-order valence-electron chi connectivity index (χ2n) is 6.53. The number of hydrogen-bond donors (Lipinski definition) is 2. The molecule has 3 heterocycles. The van der Waals surface area contributed by atoms with Crippen molar-refractivity contribution >= 4 is 39.3 Å². The first-order valence-electron chi connectivity index (χ1n) is 8.20. The molecule has 0 fully saturated rings. The Bertz CT molecular complexity index is 919. The van der Waals surface area contributed by atoms with Crippen molar-refractivity contribution < 1.29 is 9.52 Å². The van der Waals surface area contributed by atoms with Gasteiger partial charge in [-0.3, -0.25) is 0 Å². The maximum Gasteiger partial charge on any atom is 0.299 e. The van der Waals surface area contributed by atoms with Crippen LogP contribution in [0.2, 0.25) is 0 Å². The third-order valence-electron chi connectivity index (χ3n) is 4.67. The van der Waals surface area contributed by atoms with Gasteiger partial charge in [0.1, 0.15) is 5.52 Å². The Hall–Kier alpha value is -2.32. The van der Waals surface area contributed by atoms with Crippen molar-refractivity contribution in [3.8, 4) is 0 Å². The van der Waals surface area contributed by atoms with E-state index < -0.39 is 0 Å². The molecule has 1 aromatic carbocycles. The number of fused-ring (bicyclic) bond motifs is 2. The highest BCUT2D eigenvalue weighted by Gasteiger charge is 2.36. The fourth-order valence-electron chi connectivity index (χ4n) is 3.39. The summed E-state index contributed by atoms with van der Waals surface area (Å²) in [5, 5.41) is 10.5. The summed E-state index contributed by atoms with van der Waals surface area (Å²) in [7, 11) is 3.98. The minimum absolute atomic E-state index is 0.00270. The molecule has 0 spiro atoms. The molecule has 0 saturated heterocycles. The summed E-state index contributed by atoms with van der Waals surface area (Å²) >= 11 is 1.49. The van der Waals surface area contributed by atoms with Gasteiger partial charge in [-0.1, -0.05) is 11.3 Å². The third kappa shape index (κ3) is 2.61. The monoisotopic (exact) mass is 359 g/mol. The molecule has 7 nitrogen and oxygen atoms in total. The van der Waals surface area contributed by atoms with Gasteiger partial charge in [0.25, 0.3) is 6.01 Å². The molecule has 0 unspecified atom stereocenters. The SMILES string of the molecule is C[C@H]1c2sc(N)nc2C[C@@H](CO)N1c1nc2cc(N(C)C)ccc2o1. The molecule has 2 atom stereocenters. The van der Waals surface area contributed by atoms with Gasteiger partial charge in [-0.15, -0.1) is 0 Å². The first-order chi connectivity index (χ1) is 12.0. The zero-order valence-electron chi connectivity index (χ0n) is 14.4. The van der Waals surface area contributed by atoms with Gasteiger partial charge in [0.2, 0.25) is 0 Å². The number of benzene rings is 1. The van der Waals surface area contributed by atoms with Crippen LogP contribution in [0.4, 0.5) is 16.8 Å². The molecule has 1 aliphatic rings. The first kappa shape index (κ1) is 16.2. The van der Waals surface area contributed by atoms with Crippen LogP contribution in [0.1, 0.15) is 23.5 Å². The smallest absolute Gasteiger partial charge is 0.299 e. The lowest BCUT2D eigenvalue weighted by Crippen LogP contribution is -2.45. The van der Waals surface area contributed by atoms with Crippen LogP contribution in [0.15, 0.2) is 22.6 Å². The van der Waals surface area contributed by atoms with Crippen molar-refractivity contribution in [3.63, 3.8) is 0 Å². The quantitative estimate of drug-likeness (QED) is 0.742. The number of anilines is 3. The maximum atomic E-state index is 9.89. The molecule has 0 amide bonds. The molecule has 3 aromatic rings. The van der Waals surface area contributed by atoms with Crippen molar-refractivity contribution in [2.24, 2.45) is 0 Å². The number of nitrogens with two attached hydrogens (primary N) is 1. The predicted octanol–water partition coefficient (Wildman–Crippen LogP) is 2.42. The Morgan fingerprint density at radius 1 is 1.40 bits per heavy atom. The molecule has 132 valence electrons. The summed E-state index contributed by atoms with van der Waals surface area (Å²) in [6.45, 7) is 2.07. The van der Waals surface area contributed by atoms with E-state index in [2.05, 4.69) is 16.9 Å². The number of aliphatic hydroxyl groups is 1. The van der Waals surface area contributed by atoms with E-state index in [1.54, 1.807) is 0 Å². The number of oxazole rings is 1. The van der Waals surface area contributed by atoms with Crippen molar-refractivity contribution in [2.45, 2.75) is 25.4 Å². The highest BCUT2D eigenvalue weighted by molar-refractivity contribution is 7.15. The van der Waals surface area contributed by atoms with E-state index in [4.69, 9.17) is 10.2 Å². The van der Waals surface area contributed by atoms with Gasteiger partial charge in [0, 0.05) is 26.2 Å². The molecular formula is C17H21N5O2S. The normalized spacial score (nSPS) is 20.1. The Kier molecular flexibility index (Phi) is 3.81. The summed E-state index contributed by atoms with van der Waals surface area (Å²) in [6.07, 6.45) is 0.631. The minimum Gasteiger partial charge on any atom is -0.423 e. The molecule has 0 aliphatic carbocycles. The number of aromatic nitrogens is 2. The van der Waals surface area contributed by atoms with E-state index in [1.807, 2.05) is 42.1 Å². The Morgan fingerprint density at radius 3 is 2.92 bits per heavy atom. The second-order valence-corrected chi connectivity index (χ2v) is 7.59. The van der Waals surface area contributed by atoms with Gasteiger partial charge in [-0.05, 0) is 25.1 Å². The van der Waals surface area contributed by atoms with Crippen molar-refractivity contribution in [1.82, 2.24) is 9.97 Å². The number of aliphatic hydroxyl groups excluding tert-OH is 1. The number of rotatable bonds is 3. The third-order valence-corrected chi connectivity index (χ3v) is 5.77. The van der Waals surface area contributed by atoms with E-state index in [1.165, 1.54) is 11.3 Å². The fourth-order valence-corrected chi connectivity index (χ4v) is 4.30. The van der Waals surface area contributed by atoms with Crippen molar-refractivity contribution in [1.29, 1.82) is 0 Å². The van der Waals surface area contributed by atoms with E-state index in [9.17, 15) is 5.11 Å². The minimum atomic E-state index is -0.134. The topological polar surface area (TPSA) is 91.7 Å². The molecule has 1 aliphatic heterocycles. The summed E-state index contributed by atoms with van der Waals surface area (Å²) < 4.78 is 6.00. The summed E-state index contributed by atoms with van der Waals surface area (Å²) in [4.78, 5) is 14.3. The Labute approximate surface area is 149 Å². The van der Waals surface area contributed by atoms with Crippen LogP contribution in [0.3, 0.4) is 0 Å². The lowest BCUT2D eigenvalue weighted by Gasteiger charge is -2.37. The lowest BCUT2D eigenvalue weighted by molar-refractivity contribution is 0.242. The van der Waals surface area contributed by atoms with Gasteiger partial charge < -0.3 is 25.1 Å². The van der Waals surface area contributed by atoms with Crippen molar-refractivity contribution in [2.75, 3.05) is 36.2 Å². The van der Waals surface area contributed by atoms with Crippen LogP contribution in [0, 0.1) is 0 Å². The van der Waals surface area contributed by atoms with Crippen LogP contribution in [0.25, 0.3) is 11.1 Å². The number of thiazole rings is 1. The zero-order valence-corrected chi connectivity index (χ0v) is 15.2. The van der Waals surface area contributed by atoms with Crippen LogP contribution >= 0.6 is 11.3 Å². The molecule has 25 heavy (non-hydrogen) atoms. The fraction of sp³-hybridized carbons (Fsp3) is 0.412. The van der Waals surface area contributed by atoms with Gasteiger partial charge in [-0.25, -0.2) is 4.98 Å². The molecule has 4 rings (SSSR count). The predicted molar refractivity (Wildman–Crippen MR) is 100 cm³/mol. The summed E-state index contributed by atoms with van der Waals surface area (Å²) in [5.74, 6) is 0. The van der Waals surface area contributed by atoms with E-state index in [-0.39, 0.29) is 18.7 Å². The highest BCUT2D eigenvalue weighted by atomic mass is 32.1. The van der Waals surface area contributed by atoms with Gasteiger partial charge >= 0.3 is 0 Å². The Morgan fingerprint density at radius 2 is 2.20 bits per heavy atom. The van der Waals surface area contributed by atoms with E-state index in [0.29, 0.717) is 17.6 Å². The van der Waals surface area contributed by atoms with Crippen LogP contribution in [-0.2, 0) is 6.42 Å². The maximum absolute atomic E-state index is 9.89. The summed E-state index contributed by atoms with van der Waals surface area (Å²) in [6, 6.07) is 6.32. The molecule has 3 N–H and O–H groups in total. The van der Waals surface area contributed by atoms with E-state index >= 15 is 0 Å². The molecule has 0 saturated carbocycles. The zero-order chi connectivity index (χ0) is 17.7. The molecular weight excluding hydrogens is 338 g/mol. The van der Waals surface area contributed by atoms with Gasteiger partial charge in [0.15, 0.2) is 10.7 Å². The average Bonchev–Trinajstić information content (AvgIpc) is 3.16. The Balaban J connectivity index is 1.78. The highest BCUT2D eigenvalue weighted by Crippen LogP contribution is 2.40. The molecule has 8 heteroatoms. The molecule has 0 bridgehead atoms. The second kappa shape index (κ2) is 5.89. The number of hydrogen-bond acceptors (Lipinski definition) is 8. The number of nitrogens with zero attached hydrogens (tertiary/aromatic N) is 4. The lowest BCUT2D eigenvalue weighted by atomic mass is 10.00. The van der Waals surface area contributed by atoms with Crippen LogP contribution in [-0.4, -0.2) is 41.8 Å².